The van der Waals surface area contributed by atoms with Crippen LogP contribution >= 0.6 is 0 Å². The molecule has 2 aliphatic carbocycles. The van der Waals surface area contributed by atoms with E-state index in [0.29, 0.717) is 12.0 Å². The number of rotatable bonds is 4. The maximum absolute atomic E-state index is 6.30. The Bertz CT molecular complexity index is 468. The van der Waals surface area contributed by atoms with E-state index in [2.05, 4.69) is 18.2 Å². The molecule has 0 amide bonds. The number of hydrogen-bond acceptors (Lipinski definition) is 3. The van der Waals surface area contributed by atoms with Gasteiger partial charge in [0.05, 0.1) is 13.2 Å². The van der Waals surface area contributed by atoms with Crippen molar-refractivity contribution >= 4 is 0 Å². The topological polar surface area (TPSA) is 44.5 Å². The summed E-state index contributed by atoms with van der Waals surface area (Å²) in [5.41, 5.74) is 7.60. The van der Waals surface area contributed by atoms with Gasteiger partial charge >= 0.3 is 0 Å². The molecule has 0 aromatic heterocycles. The molecule has 0 bridgehead atoms. The first-order valence-corrected chi connectivity index (χ1v) is 8.38. The highest BCUT2D eigenvalue weighted by molar-refractivity contribution is 5.44. The summed E-state index contributed by atoms with van der Waals surface area (Å²) in [5, 5.41) is 0. The molecule has 116 valence electrons. The summed E-state index contributed by atoms with van der Waals surface area (Å²) in [7, 11) is 1.72. The summed E-state index contributed by atoms with van der Waals surface area (Å²) in [6.45, 7) is 0. The molecule has 2 atom stereocenters. The average molecular weight is 289 g/mol. The molecule has 2 unspecified atom stereocenters. The Hall–Kier alpha value is -1.22. The van der Waals surface area contributed by atoms with Crippen molar-refractivity contribution in [1.82, 2.24) is 0 Å². The van der Waals surface area contributed by atoms with Gasteiger partial charge < -0.3 is 15.2 Å². The van der Waals surface area contributed by atoms with Crippen LogP contribution in [0.15, 0.2) is 18.2 Å². The molecule has 1 aromatic carbocycles. The minimum absolute atomic E-state index is 0.282. The second-order valence-electron chi connectivity index (χ2n) is 6.49. The van der Waals surface area contributed by atoms with Crippen molar-refractivity contribution in [2.45, 2.75) is 69.4 Å². The lowest BCUT2D eigenvalue weighted by Crippen LogP contribution is -2.31. The third-order valence-electron chi connectivity index (χ3n) is 5.03. The Balaban J connectivity index is 1.77. The van der Waals surface area contributed by atoms with Crippen LogP contribution in [0.5, 0.6) is 11.5 Å². The standard InChI is InChI=1S/C18H27NO2/c1-20-18-12-13(15-8-4-5-9-16(15)19)10-11-17(18)21-14-6-2-3-7-14/h10-12,14-16H,2-9,19H2,1H3. The number of nitrogens with two attached hydrogens (primary N) is 1. The van der Waals surface area contributed by atoms with E-state index in [-0.39, 0.29) is 6.04 Å². The lowest BCUT2D eigenvalue weighted by atomic mass is 9.80. The fraction of sp³-hybridized carbons (Fsp3) is 0.667. The molecular formula is C18H27NO2. The van der Waals surface area contributed by atoms with E-state index >= 15 is 0 Å². The maximum Gasteiger partial charge on any atom is 0.161 e. The van der Waals surface area contributed by atoms with Crippen LogP contribution < -0.4 is 15.2 Å². The molecular weight excluding hydrogens is 262 g/mol. The van der Waals surface area contributed by atoms with Crippen molar-refractivity contribution < 1.29 is 9.47 Å². The molecule has 0 aliphatic heterocycles. The first-order valence-electron chi connectivity index (χ1n) is 8.38. The Kier molecular flexibility index (Phi) is 4.69. The minimum atomic E-state index is 0.282. The molecule has 0 heterocycles. The lowest BCUT2D eigenvalue weighted by Gasteiger charge is -2.29. The summed E-state index contributed by atoms with van der Waals surface area (Å²) in [4.78, 5) is 0. The Labute approximate surface area is 127 Å². The van der Waals surface area contributed by atoms with Crippen LogP contribution in [0.3, 0.4) is 0 Å². The SMILES string of the molecule is COc1cc(C2CCCCC2N)ccc1OC1CCCC1. The first-order chi connectivity index (χ1) is 10.3. The molecule has 3 nitrogen and oxygen atoms in total. The van der Waals surface area contributed by atoms with Gasteiger partial charge in [-0.25, -0.2) is 0 Å². The Morgan fingerprint density at radius 3 is 2.38 bits per heavy atom. The zero-order chi connectivity index (χ0) is 14.7. The van der Waals surface area contributed by atoms with Crippen LogP contribution in [0.4, 0.5) is 0 Å². The fourth-order valence-corrected chi connectivity index (χ4v) is 3.77. The predicted molar refractivity (Wildman–Crippen MR) is 85.1 cm³/mol. The zero-order valence-corrected chi connectivity index (χ0v) is 13.0. The van der Waals surface area contributed by atoms with Crippen LogP contribution in [0, 0.1) is 0 Å². The fourth-order valence-electron chi connectivity index (χ4n) is 3.77. The highest BCUT2D eigenvalue weighted by Gasteiger charge is 2.25. The molecule has 0 spiro atoms. The molecule has 3 heteroatoms. The van der Waals surface area contributed by atoms with Crippen LogP contribution in [0.25, 0.3) is 0 Å². The second-order valence-corrected chi connectivity index (χ2v) is 6.49. The molecule has 2 N–H and O–H groups in total. The van der Waals surface area contributed by atoms with E-state index in [0.717, 1.165) is 17.9 Å². The van der Waals surface area contributed by atoms with E-state index in [4.69, 9.17) is 15.2 Å². The number of hydrogen-bond donors (Lipinski definition) is 1. The monoisotopic (exact) mass is 289 g/mol. The quantitative estimate of drug-likeness (QED) is 0.911. The predicted octanol–water partition coefficient (Wildman–Crippen LogP) is 4.00. The molecule has 2 aliphatic rings. The highest BCUT2D eigenvalue weighted by Crippen LogP contribution is 2.38. The second kappa shape index (κ2) is 6.69. The average Bonchev–Trinajstić information content (AvgIpc) is 3.01. The number of ether oxygens (including phenoxy) is 2. The van der Waals surface area contributed by atoms with E-state index < -0.39 is 0 Å². The summed E-state index contributed by atoms with van der Waals surface area (Å²) < 4.78 is 11.7. The molecule has 1 aromatic rings. The minimum Gasteiger partial charge on any atom is -0.493 e. The normalized spacial score (nSPS) is 26.8. The van der Waals surface area contributed by atoms with Gasteiger partial charge in [-0.1, -0.05) is 18.9 Å². The molecule has 2 saturated carbocycles. The molecule has 2 fully saturated rings. The first kappa shape index (κ1) is 14.7. The van der Waals surface area contributed by atoms with E-state index in [1.165, 1.54) is 50.5 Å². The van der Waals surface area contributed by atoms with Crippen molar-refractivity contribution in [3.8, 4) is 11.5 Å². The van der Waals surface area contributed by atoms with Gasteiger partial charge in [0.1, 0.15) is 0 Å². The van der Waals surface area contributed by atoms with E-state index in [1.807, 2.05) is 0 Å². The molecule has 3 rings (SSSR count). The van der Waals surface area contributed by atoms with Gasteiger partial charge in [0.2, 0.25) is 0 Å². The van der Waals surface area contributed by atoms with Crippen molar-refractivity contribution in [3.05, 3.63) is 23.8 Å². The van der Waals surface area contributed by atoms with E-state index in [9.17, 15) is 0 Å². The summed E-state index contributed by atoms with van der Waals surface area (Å²) in [5.74, 6) is 2.21. The van der Waals surface area contributed by atoms with Crippen LogP contribution in [0.1, 0.15) is 62.8 Å². The third kappa shape index (κ3) is 3.34. The van der Waals surface area contributed by atoms with Gasteiger partial charge in [0, 0.05) is 6.04 Å². The van der Waals surface area contributed by atoms with Gasteiger partial charge in [0.15, 0.2) is 11.5 Å². The third-order valence-corrected chi connectivity index (χ3v) is 5.03. The maximum atomic E-state index is 6.30. The van der Waals surface area contributed by atoms with Crippen molar-refractivity contribution in [2.75, 3.05) is 7.11 Å². The van der Waals surface area contributed by atoms with Crippen LogP contribution in [-0.4, -0.2) is 19.3 Å². The summed E-state index contributed by atoms with van der Waals surface area (Å²) in [6.07, 6.45) is 10.1. The van der Waals surface area contributed by atoms with Crippen molar-refractivity contribution in [2.24, 2.45) is 5.73 Å². The van der Waals surface area contributed by atoms with Crippen molar-refractivity contribution in [1.29, 1.82) is 0 Å². The smallest absolute Gasteiger partial charge is 0.161 e. The largest absolute Gasteiger partial charge is 0.493 e. The van der Waals surface area contributed by atoms with E-state index in [1.54, 1.807) is 7.11 Å². The van der Waals surface area contributed by atoms with Crippen molar-refractivity contribution in [3.63, 3.8) is 0 Å². The van der Waals surface area contributed by atoms with Gasteiger partial charge in [-0.3, -0.25) is 0 Å². The van der Waals surface area contributed by atoms with Gasteiger partial charge in [-0.15, -0.1) is 0 Å². The van der Waals surface area contributed by atoms with Gasteiger partial charge in [0.25, 0.3) is 0 Å². The summed E-state index contributed by atoms with van der Waals surface area (Å²) in [6, 6.07) is 6.68. The zero-order valence-electron chi connectivity index (χ0n) is 13.0. The van der Waals surface area contributed by atoms with Crippen LogP contribution in [-0.2, 0) is 0 Å². The molecule has 0 saturated heterocycles. The highest BCUT2D eigenvalue weighted by atomic mass is 16.5. The van der Waals surface area contributed by atoms with Gasteiger partial charge in [-0.05, 0) is 62.1 Å². The van der Waals surface area contributed by atoms with Gasteiger partial charge in [-0.2, -0.15) is 0 Å². The van der Waals surface area contributed by atoms with Crippen LogP contribution in [0.2, 0.25) is 0 Å². The number of methoxy groups -OCH3 is 1. The lowest BCUT2D eigenvalue weighted by molar-refractivity contribution is 0.200. The Morgan fingerprint density at radius 2 is 1.67 bits per heavy atom. The number of benzene rings is 1. The summed E-state index contributed by atoms with van der Waals surface area (Å²) >= 11 is 0. The molecule has 21 heavy (non-hydrogen) atoms. The Morgan fingerprint density at radius 1 is 0.952 bits per heavy atom. The molecule has 0 radical (unpaired) electrons.